The van der Waals surface area contributed by atoms with Crippen molar-refractivity contribution in [1.82, 2.24) is 10.2 Å². The number of hydrogen-bond acceptors (Lipinski definition) is 2. The van der Waals surface area contributed by atoms with E-state index in [4.69, 9.17) is 0 Å². The minimum Gasteiger partial charge on any atom is -0.315 e. The molecule has 0 unspecified atom stereocenters. The predicted molar refractivity (Wildman–Crippen MR) is 59.5 cm³/mol. The van der Waals surface area contributed by atoms with E-state index < -0.39 is 0 Å². The van der Waals surface area contributed by atoms with E-state index in [2.05, 4.69) is 46.9 Å². The van der Waals surface area contributed by atoms with E-state index in [1.807, 2.05) is 0 Å². The largest absolute Gasteiger partial charge is 0.315 e. The van der Waals surface area contributed by atoms with Crippen LogP contribution in [0, 0.1) is 0 Å². The molecule has 11 heavy (non-hydrogen) atoms. The normalized spacial score (nSPS) is 10.9. The van der Waals surface area contributed by atoms with Crippen LogP contribution in [-0.2, 0) is 0 Å². The fourth-order valence-corrected chi connectivity index (χ4v) is 1.31. The second-order valence-electron chi connectivity index (χ2n) is 2.95. The summed E-state index contributed by atoms with van der Waals surface area (Å²) in [7, 11) is 4.21. The summed E-state index contributed by atoms with van der Waals surface area (Å²) >= 11 is 2.42. The maximum atomic E-state index is 3.41. The molecule has 1 N–H and O–H groups in total. The number of likely N-dealkylation sites (N-methyl/N-ethyl adjacent to an activating group) is 1. The molecule has 0 radical (unpaired) electrons. The van der Waals surface area contributed by atoms with Crippen LogP contribution in [0.1, 0.15) is 12.8 Å². The molecule has 0 spiro atoms. The molecule has 68 valence electrons. The molecule has 0 aromatic rings. The lowest BCUT2D eigenvalue weighted by Gasteiger charge is -2.09. The van der Waals surface area contributed by atoms with Gasteiger partial charge in [-0.2, -0.15) is 0 Å². The molecule has 0 aromatic carbocycles. The van der Waals surface area contributed by atoms with E-state index in [1.54, 1.807) is 0 Å². The molecule has 3 heteroatoms. The zero-order valence-electron chi connectivity index (χ0n) is 7.57. The Morgan fingerprint density at radius 3 is 2.45 bits per heavy atom. The summed E-state index contributed by atoms with van der Waals surface area (Å²) in [5.74, 6) is 0. The lowest BCUT2D eigenvalue weighted by molar-refractivity contribution is 0.399. The molecule has 0 aromatic heterocycles. The first-order valence-electron chi connectivity index (χ1n) is 4.19. The third-order valence-electron chi connectivity index (χ3n) is 1.47. The van der Waals surface area contributed by atoms with Crippen LogP contribution in [0.15, 0.2) is 0 Å². The molecule has 0 saturated carbocycles. The molecule has 0 heterocycles. The minimum absolute atomic E-state index is 1.12. The third-order valence-corrected chi connectivity index (χ3v) is 2.24. The maximum absolute atomic E-state index is 3.41. The standard InChI is InChI=1S/C8H19IN2/c1-11(2)8-7-10-6-4-3-5-9/h10H,3-8H2,1-2H3. The second-order valence-corrected chi connectivity index (χ2v) is 4.03. The van der Waals surface area contributed by atoms with Gasteiger partial charge >= 0.3 is 0 Å². The van der Waals surface area contributed by atoms with Gasteiger partial charge in [-0.15, -0.1) is 0 Å². The Bertz CT molecular complexity index is 76.5. The Morgan fingerprint density at radius 1 is 1.18 bits per heavy atom. The van der Waals surface area contributed by atoms with Crippen molar-refractivity contribution in [2.24, 2.45) is 0 Å². The molecule has 2 nitrogen and oxygen atoms in total. The van der Waals surface area contributed by atoms with Crippen molar-refractivity contribution < 1.29 is 0 Å². The van der Waals surface area contributed by atoms with Crippen LogP contribution >= 0.6 is 22.6 Å². The number of hydrogen-bond donors (Lipinski definition) is 1. The SMILES string of the molecule is CN(C)CCNCCCCI. The summed E-state index contributed by atoms with van der Waals surface area (Å²) in [6.45, 7) is 3.44. The summed E-state index contributed by atoms with van der Waals surface area (Å²) in [5.41, 5.74) is 0. The van der Waals surface area contributed by atoms with Gasteiger partial charge in [-0.05, 0) is 37.9 Å². The summed E-state index contributed by atoms with van der Waals surface area (Å²) in [5, 5.41) is 3.41. The molecule has 0 fully saturated rings. The van der Waals surface area contributed by atoms with Gasteiger partial charge in [0.15, 0.2) is 0 Å². The van der Waals surface area contributed by atoms with Gasteiger partial charge in [0.05, 0.1) is 0 Å². The van der Waals surface area contributed by atoms with E-state index in [9.17, 15) is 0 Å². The van der Waals surface area contributed by atoms with Crippen LogP contribution in [0.4, 0.5) is 0 Å². The summed E-state index contributed by atoms with van der Waals surface area (Å²) in [4.78, 5) is 2.20. The highest BCUT2D eigenvalue weighted by Crippen LogP contribution is 1.91. The van der Waals surface area contributed by atoms with Gasteiger partial charge in [-0.25, -0.2) is 0 Å². The fourth-order valence-electron chi connectivity index (χ4n) is 0.772. The van der Waals surface area contributed by atoms with Crippen molar-refractivity contribution in [1.29, 1.82) is 0 Å². The Morgan fingerprint density at radius 2 is 1.91 bits per heavy atom. The number of nitrogens with zero attached hydrogens (tertiary/aromatic N) is 1. The monoisotopic (exact) mass is 270 g/mol. The Balaban J connectivity index is 2.80. The number of rotatable bonds is 7. The summed E-state index contributed by atoms with van der Waals surface area (Å²) in [6.07, 6.45) is 2.66. The topological polar surface area (TPSA) is 15.3 Å². The Labute approximate surface area is 83.9 Å². The Hall–Kier alpha value is 0.650. The van der Waals surface area contributed by atoms with E-state index in [1.165, 1.54) is 23.8 Å². The van der Waals surface area contributed by atoms with Crippen molar-refractivity contribution in [3.63, 3.8) is 0 Å². The molecule has 0 atom stereocenters. The third kappa shape index (κ3) is 10.7. The molecule has 0 aliphatic carbocycles. The van der Waals surface area contributed by atoms with Crippen LogP contribution in [-0.4, -0.2) is 43.1 Å². The average Bonchev–Trinajstić information content (AvgIpc) is 1.96. The highest BCUT2D eigenvalue weighted by atomic mass is 127. The zero-order valence-corrected chi connectivity index (χ0v) is 9.73. The number of halogens is 1. The molecule has 0 aliphatic rings. The summed E-state index contributed by atoms with van der Waals surface area (Å²) in [6, 6.07) is 0. The molecule has 0 bridgehead atoms. The number of nitrogens with one attached hydrogen (secondary N) is 1. The second kappa shape index (κ2) is 8.74. The van der Waals surface area contributed by atoms with Gasteiger partial charge < -0.3 is 10.2 Å². The van der Waals surface area contributed by atoms with E-state index in [0.29, 0.717) is 0 Å². The van der Waals surface area contributed by atoms with Crippen LogP contribution in [0.2, 0.25) is 0 Å². The average molecular weight is 270 g/mol. The molecule has 0 amide bonds. The highest BCUT2D eigenvalue weighted by Gasteiger charge is 1.89. The first-order chi connectivity index (χ1) is 5.27. The highest BCUT2D eigenvalue weighted by molar-refractivity contribution is 14.1. The number of unbranched alkanes of at least 4 members (excludes halogenated alkanes) is 1. The smallest absolute Gasteiger partial charge is 0.0101 e. The van der Waals surface area contributed by atoms with Crippen molar-refractivity contribution >= 4 is 22.6 Å². The molecular formula is C8H19IN2. The van der Waals surface area contributed by atoms with Crippen LogP contribution in [0.5, 0.6) is 0 Å². The minimum atomic E-state index is 1.12. The van der Waals surface area contributed by atoms with Gasteiger partial charge in [0.2, 0.25) is 0 Å². The number of alkyl halides is 1. The first-order valence-corrected chi connectivity index (χ1v) is 5.71. The van der Waals surface area contributed by atoms with Gasteiger partial charge in [-0.3, -0.25) is 0 Å². The fraction of sp³-hybridized carbons (Fsp3) is 1.00. The molecule has 0 aliphatic heterocycles. The Kier molecular flexibility index (Phi) is 9.26. The quantitative estimate of drug-likeness (QED) is 0.427. The predicted octanol–water partition coefficient (Wildman–Crippen LogP) is 1.35. The van der Waals surface area contributed by atoms with E-state index in [0.717, 1.165) is 13.1 Å². The lowest BCUT2D eigenvalue weighted by atomic mass is 10.3. The first kappa shape index (κ1) is 11.6. The molecular weight excluding hydrogens is 251 g/mol. The van der Waals surface area contributed by atoms with Crippen molar-refractivity contribution in [3.05, 3.63) is 0 Å². The van der Waals surface area contributed by atoms with Gasteiger partial charge in [0.1, 0.15) is 0 Å². The van der Waals surface area contributed by atoms with Crippen LogP contribution < -0.4 is 5.32 Å². The van der Waals surface area contributed by atoms with Gasteiger partial charge in [0, 0.05) is 13.1 Å². The van der Waals surface area contributed by atoms with E-state index >= 15 is 0 Å². The summed E-state index contributed by atoms with van der Waals surface area (Å²) < 4.78 is 1.28. The maximum Gasteiger partial charge on any atom is 0.0101 e. The van der Waals surface area contributed by atoms with Crippen molar-refractivity contribution in [3.8, 4) is 0 Å². The van der Waals surface area contributed by atoms with E-state index in [-0.39, 0.29) is 0 Å². The zero-order chi connectivity index (χ0) is 8.53. The molecule has 0 rings (SSSR count). The van der Waals surface area contributed by atoms with Crippen molar-refractivity contribution in [2.45, 2.75) is 12.8 Å². The lowest BCUT2D eigenvalue weighted by Crippen LogP contribution is -2.27. The molecule has 0 saturated heterocycles. The van der Waals surface area contributed by atoms with Crippen molar-refractivity contribution in [2.75, 3.05) is 38.2 Å². The van der Waals surface area contributed by atoms with Gasteiger partial charge in [-0.1, -0.05) is 22.6 Å². The van der Waals surface area contributed by atoms with Gasteiger partial charge in [0.25, 0.3) is 0 Å². The van der Waals surface area contributed by atoms with Crippen LogP contribution in [0.25, 0.3) is 0 Å². The van der Waals surface area contributed by atoms with Crippen LogP contribution in [0.3, 0.4) is 0 Å².